The van der Waals surface area contributed by atoms with Crippen molar-refractivity contribution in [3.05, 3.63) is 385 Å². The topological polar surface area (TPSA) is 0 Å². The molecule has 0 nitrogen and oxygen atoms in total. The second-order valence-electron chi connectivity index (χ2n) is 19.3. The minimum atomic E-state index is 0. The number of fused-ring (bicyclic) bond motifs is 2. The third-order valence-corrected chi connectivity index (χ3v) is 12.4. The zero-order valence-electron chi connectivity index (χ0n) is 71.7. The molecule has 0 bridgehead atoms. The van der Waals surface area contributed by atoms with E-state index in [9.17, 15) is 0 Å². The van der Waals surface area contributed by atoms with Crippen molar-refractivity contribution in [2.45, 2.75) is 201 Å². The molecule has 0 aromatic heterocycles. The molecule has 0 N–H and O–H groups in total. The van der Waals surface area contributed by atoms with E-state index in [0.29, 0.717) is 0 Å². The Morgan fingerprint density at radius 2 is 0.453 bits per heavy atom. The van der Waals surface area contributed by atoms with Gasteiger partial charge in [-0.05, 0) is 61.7 Å². The summed E-state index contributed by atoms with van der Waals surface area (Å²) in [6.07, 6.45) is 0. The molecule has 0 heterocycles. The molecule has 13 rings (SSSR count). The molecule has 106 heavy (non-hydrogen) atoms. The molecule has 3 heteroatoms. The van der Waals surface area contributed by atoms with Gasteiger partial charge in [-0.3, -0.25) is 0 Å². The Hall–Kier alpha value is -6.31. The number of hydrogen-bond acceptors (Lipinski definition) is 0. The minimum Gasteiger partial charge on any atom is -0.226 e. The van der Waals surface area contributed by atoms with Crippen LogP contribution in [0, 0.1) is 84.9 Å². The summed E-state index contributed by atoms with van der Waals surface area (Å²) in [5.74, 6) is 0. The van der Waals surface area contributed by atoms with Crippen LogP contribution in [0.3, 0.4) is 0 Å². The quantitative estimate of drug-likeness (QED) is 0.155. The molecule has 0 aliphatic rings. The van der Waals surface area contributed by atoms with Crippen molar-refractivity contribution >= 4 is 21.5 Å². The fourth-order valence-electron chi connectivity index (χ4n) is 7.95. The maximum Gasteiger partial charge on any atom is 0 e. The normalized spacial score (nSPS) is 8.01. The summed E-state index contributed by atoms with van der Waals surface area (Å²) >= 11 is 0. The monoisotopic (exact) mass is 1640 g/mol. The Bertz CT molecular complexity index is 3590. The summed E-state index contributed by atoms with van der Waals surface area (Å²) in [5.41, 5.74) is 15.7. The van der Waals surface area contributed by atoms with Gasteiger partial charge in [0.1, 0.15) is 0 Å². The SMILES string of the molecule is CC.CC.CC.CC.CC.CC.CC.CC.CC.CC.CC.Cc1c[c-]c(-c2[c-]cccc2)cc1.Cc1cc[c-]c(-c2[c-]cccc2)c1.Cc1ccc2ccccc2c1.Cc1cccc2ccccc12.Cc1ccccc1.Cc1ccccc1.Cc1ccccc1.[Y].[Y].[Y].[c-]1ccccc1-c1[c-]cccc1. The Morgan fingerprint density at radius 3 is 0.764 bits per heavy atom. The van der Waals surface area contributed by atoms with Crippen LogP contribution in [0.15, 0.2) is 309 Å². The van der Waals surface area contributed by atoms with Gasteiger partial charge in [0.2, 0.25) is 0 Å². The fourth-order valence-corrected chi connectivity index (χ4v) is 7.95. The van der Waals surface area contributed by atoms with Crippen molar-refractivity contribution in [2.75, 3.05) is 0 Å². The molecular weight excluding hydrogens is 1500 g/mol. The van der Waals surface area contributed by atoms with Crippen LogP contribution < -0.4 is 0 Å². The van der Waals surface area contributed by atoms with E-state index in [1.165, 1.54) is 60.5 Å². The minimum absolute atomic E-state index is 0. The van der Waals surface area contributed by atoms with Crippen molar-refractivity contribution in [1.29, 1.82) is 0 Å². The number of benzene rings is 13. The number of aryl methyl sites for hydroxylation is 7. The maximum absolute atomic E-state index is 3.22. The summed E-state index contributed by atoms with van der Waals surface area (Å²) in [4.78, 5) is 0. The fraction of sp³-hybridized carbons (Fsp3) is 0.282. The van der Waals surface area contributed by atoms with Crippen LogP contribution >= 0.6 is 0 Å². The van der Waals surface area contributed by atoms with Crippen LogP contribution in [-0.4, -0.2) is 0 Å². The average Bonchev–Trinajstić information content (AvgIpc) is 0.864. The van der Waals surface area contributed by atoms with Gasteiger partial charge in [0, 0.05) is 98.1 Å². The Balaban J connectivity index is -0.000000140. The third-order valence-electron chi connectivity index (χ3n) is 12.4. The second kappa shape index (κ2) is 91.1. The average molecular weight is 1640 g/mol. The van der Waals surface area contributed by atoms with Crippen LogP contribution in [0.4, 0.5) is 0 Å². The van der Waals surface area contributed by atoms with Gasteiger partial charge in [0.25, 0.3) is 0 Å². The first-order valence-corrected chi connectivity index (χ1v) is 38.4. The standard InChI is InChI=1S/2C13H10.C12H8.2C11H10.3C7H8.11C2H6.3Y/c1-11-6-5-9-13(10-11)12-7-3-2-4-8-12;1-11-7-9-13(10-8-11)12-5-3-2-4-6-12;1-3-7-11(8-4-1)12-9-5-2-6-10-12;1-9-5-4-7-10-6-2-3-8-11(9)10;1-9-6-7-10-4-2-3-5-11(10)8-9;3*1-7-5-3-2-4-6-7;11*1-2;;;/h2-7,10H,1H3;2-5,7-9H,1H3;1-7,9H;2*2-8H,1H3;3*2-6H,1H3;11*1-2H3;;;/q3*-2;;;;;;;;;;;;;;;;;;;. The third kappa shape index (κ3) is 60.7. The van der Waals surface area contributed by atoms with E-state index in [4.69, 9.17) is 0 Å². The molecule has 13 aromatic rings. The van der Waals surface area contributed by atoms with Crippen LogP contribution in [0.25, 0.3) is 54.9 Å². The van der Waals surface area contributed by atoms with E-state index in [-0.39, 0.29) is 98.1 Å². The van der Waals surface area contributed by atoms with Crippen LogP contribution in [0.5, 0.6) is 0 Å². The summed E-state index contributed by atoms with van der Waals surface area (Å²) < 4.78 is 0. The first kappa shape index (κ1) is 118. The summed E-state index contributed by atoms with van der Waals surface area (Å²) in [6.45, 7) is 58.7. The molecular formula is C103H138Y3-6. The van der Waals surface area contributed by atoms with E-state index in [1.54, 1.807) is 0 Å². The maximum atomic E-state index is 3.22. The van der Waals surface area contributed by atoms with Crippen LogP contribution in [0.2, 0.25) is 0 Å². The molecule has 0 fully saturated rings. The molecule has 0 atom stereocenters. The first-order valence-electron chi connectivity index (χ1n) is 38.4. The Kier molecular flexibility index (Phi) is 101. The second-order valence-corrected chi connectivity index (χ2v) is 19.3. The van der Waals surface area contributed by atoms with Crippen molar-refractivity contribution in [1.82, 2.24) is 0 Å². The molecule has 0 unspecified atom stereocenters. The number of hydrogen-bond donors (Lipinski definition) is 0. The molecule has 565 valence electrons. The molecule has 0 amide bonds. The summed E-state index contributed by atoms with van der Waals surface area (Å²) in [5, 5.41) is 5.33. The summed E-state index contributed by atoms with van der Waals surface area (Å²) in [7, 11) is 0. The molecule has 3 radical (unpaired) electrons. The molecule has 0 aliphatic carbocycles. The van der Waals surface area contributed by atoms with Gasteiger partial charge in [-0.1, -0.05) is 364 Å². The molecule has 0 saturated heterocycles. The molecule has 0 saturated carbocycles. The van der Waals surface area contributed by atoms with Gasteiger partial charge >= 0.3 is 0 Å². The van der Waals surface area contributed by atoms with Gasteiger partial charge in [0.05, 0.1) is 0 Å². The summed E-state index contributed by atoms with van der Waals surface area (Å²) in [6, 6.07) is 124. The smallest absolute Gasteiger partial charge is 0 e. The van der Waals surface area contributed by atoms with Gasteiger partial charge in [-0.25, -0.2) is 33.4 Å². The van der Waals surface area contributed by atoms with Gasteiger partial charge in [-0.15, -0.1) is 41.5 Å². The van der Waals surface area contributed by atoms with E-state index >= 15 is 0 Å². The van der Waals surface area contributed by atoms with Gasteiger partial charge < -0.3 is 0 Å². The van der Waals surface area contributed by atoms with Crippen LogP contribution in [0.1, 0.15) is 191 Å². The van der Waals surface area contributed by atoms with Gasteiger partial charge in [0.15, 0.2) is 0 Å². The Labute approximate surface area is 730 Å². The molecule has 0 spiro atoms. The predicted molar refractivity (Wildman–Crippen MR) is 474 cm³/mol. The first-order chi connectivity index (χ1) is 50.6. The van der Waals surface area contributed by atoms with Crippen LogP contribution in [-0.2, 0) is 98.1 Å². The van der Waals surface area contributed by atoms with Gasteiger partial charge in [-0.2, -0.15) is 140 Å². The van der Waals surface area contributed by atoms with E-state index in [1.807, 2.05) is 322 Å². The molecule has 0 aliphatic heterocycles. The van der Waals surface area contributed by atoms with Crippen molar-refractivity contribution < 1.29 is 98.1 Å². The zero-order chi connectivity index (χ0) is 79.1. The largest absolute Gasteiger partial charge is 0.226 e. The van der Waals surface area contributed by atoms with E-state index < -0.39 is 0 Å². The van der Waals surface area contributed by atoms with E-state index in [2.05, 4.69) is 224 Å². The van der Waals surface area contributed by atoms with E-state index in [0.717, 1.165) is 33.4 Å². The molecule has 13 aromatic carbocycles. The Morgan fingerprint density at radius 1 is 0.170 bits per heavy atom. The van der Waals surface area contributed by atoms with Crippen molar-refractivity contribution in [3.8, 4) is 33.4 Å². The van der Waals surface area contributed by atoms with Crippen molar-refractivity contribution in [3.63, 3.8) is 0 Å². The number of rotatable bonds is 3. The zero-order valence-corrected chi connectivity index (χ0v) is 80.2. The van der Waals surface area contributed by atoms with Crippen molar-refractivity contribution in [2.24, 2.45) is 0 Å². The predicted octanol–water partition coefficient (Wildman–Crippen LogP) is 33.0.